The number of amides is 1. The zero-order chi connectivity index (χ0) is 21.4. The average Bonchev–Trinajstić information content (AvgIpc) is 3.15. The Morgan fingerprint density at radius 3 is 2.87 bits per heavy atom. The normalized spacial score (nSPS) is 15.6. The molecule has 0 bridgehead atoms. The number of aromatic nitrogens is 6. The minimum absolute atomic E-state index is 0.108. The molecule has 1 amide bonds. The maximum atomic E-state index is 12.8. The van der Waals surface area contributed by atoms with Crippen molar-refractivity contribution in [2.45, 2.75) is 31.8 Å². The summed E-state index contributed by atoms with van der Waals surface area (Å²) in [5, 5.41) is 11.2. The molecule has 1 N–H and O–H groups in total. The molecule has 5 rings (SSSR count). The molecule has 0 radical (unpaired) electrons. The number of carbonyl (C=O) groups is 1. The predicted octanol–water partition coefficient (Wildman–Crippen LogP) is 1.78. The molecular formula is C22H21N7O2. The fourth-order valence-corrected chi connectivity index (χ4v) is 4.03. The first kappa shape index (κ1) is 19.1. The van der Waals surface area contributed by atoms with Crippen LogP contribution in [0.3, 0.4) is 0 Å². The Kier molecular flexibility index (Phi) is 4.78. The molecule has 1 aliphatic rings. The van der Waals surface area contributed by atoms with Crippen LogP contribution in [0.4, 0.5) is 0 Å². The van der Waals surface area contributed by atoms with Gasteiger partial charge >= 0.3 is 0 Å². The number of carbonyl (C=O) groups excluding carboxylic acids is 1. The largest absolute Gasteiger partial charge is 0.346 e. The summed E-state index contributed by atoms with van der Waals surface area (Å²) in [7, 11) is 1.83. The molecule has 1 aromatic carbocycles. The summed E-state index contributed by atoms with van der Waals surface area (Å²) in [5.41, 5.74) is 3.83. The Morgan fingerprint density at radius 1 is 1.19 bits per heavy atom. The van der Waals surface area contributed by atoms with Crippen molar-refractivity contribution in [3.05, 3.63) is 70.5 Å². The highest BCUT2D eigenvalue weighted by Crippen LogP contribution is 2.25. The second kappa shape index (κ2) is 7.75. The van der Waals surface area contributed by atoms with E-state index in [1.807, 2.05) is 37.4 Å². The summed E-state index contributed by atoms with van der Waals surface area (Å²) in [5.74, 6) is 0.480. The third kappa shape index (κ3) is 3.70. The number of rotatable bonds is 4. The van der Waals surface area contributed by atoms with E-state index in [0.717, 1.165) is 35.0 Å². The van der Waals surface area contributed by atoms with E-state index in [-0.39, 0.29) is 23.9 Å². The van der Waals surface area contributed by atoms with Crippen molar-refractivity contribution < 1.29 is 4.79 Å². The van der Waals surface area contributed by atoms with Crippen molar-refractivity contribution in [2.75, 3.05) is 0 Å². The van der Waals surface area contributed by atoms with Gasteiger partial charge in [-0.3, -0.25) is 19.1 Å². The van der Waals surface area contributed by atoms with Gasteiger partial charge in [0.1, 0.15) is 11.3 Å². The maximum Gasteiger partial charge on any atom is 0.254 e. The fraction of sp³-hybridized carbons (Fsp3) is 0.273. The van der Waals surface area contributed by atoms with Crippen molar-refractivity contribution in [1.29, 1.82) is 0 Å². The van der Waals surface area contributed by atoms with E-state index in [2.05, 4.69) is 20.6 Å². The second-order valence-electron chi connectivity index (χ2n) is 7.70. The smallest absolute Gasteiger partial charge is 0.254 e. The molecule has 156 valence electrons. The van der Waals surface area contributed by atoms with Crippen LogP contribution in [0.1, 0.15) is 30.3 Å². The van der Waals surface area contributed by atoms with Crippen LogP contribution < -0.4 is 10.9 Å². The highest BCUT2D eigenvalue weighted by molar-refractivity contribution is 5.81. The molecule has 1 aliphatic heterocycles. The van der Waals surface area contributed by atoms with Crippen LogP contribution >= 0.6 is 0 Å². The van der Waals surface area contributed by atoms with Gasteiger partial charge in [-0.25, -0.2) is 9.67 Å². The monoisotopic (exact) mass is 415 g/mol. The van der Waals surface area contributed by atoms with Crippen LogP contribution in [-0.2, 0) is 24.8 Å². The summed E-state index contributed by atoms with van der Waals surface area (Å²) in [6.07, 6.45) is 5.10. The van der Waals surface area contributed by atoms with Gasteiger partial charge in [0.25, 0.3) is 5.56 Å². The number of pyridine rings is 1. The van der Waals surface area contributed by atoms with Crippen LogP contribution in [0, 0.1) is 0 Å². The molecule has 0 saturated carbocycles. The molecule has 1 unspecified atom stereocenters. The van der Waals surface area contributed by atoms with Gasteiger partial charge in [0.15, 0.2) is 0 Å². The summed E-state index contributed by atoms with van der Waals surface area (Å²) in [6.45, 7) is 0.605. The molecule has 31 heavy (non-hydrogen) atoms. The van der Waals surface area contributed by atoms with Crippen LogP contribution in [0.2, 0.25) is 0 Å². The number of fused-ring (bicyclic) bond motifs is 2. The molecule has 0 fully saturated rings. The lowest BCUT2D eigenvalue weighted by atomic mass is 10.0. The van der Waals surface area contributed by atoms with E-state index in [0.29, 0.717) is 18.1 Å². The predicted molar refractivity (Wildman–Crippen MR) is 114 cm³/mol. The van der Waals surface area contributed by atoms with Gasteiger partial charge in [-0.1, -0.05) is 11.3 Å². The molecule has 4 heterocycles. The first-order chi connectivity index (χ1) is 15.1. The first-order valence-corrected chi connectivity index (χ1v) is 10.2. The van der Waals surface area contributed by atoms with Crippen molar-refractivity contribution in [2.24, 2.45) is 7.05 Å². The highest BCUT2D eigenvalue weighted by atomic mass is 16.1. The highest BCUT2D eigenvalue weighted by Gasteiger charge is 2.25. The third-order valence-electron chi connectivity index (χ3n) is 5.58. The molecular weight excluding hydrogens is 394 g/mol. The lowest BCUT2D eigenvalue weighted by Gasteiger charge is -2.27. The van der Waals surface area contributed by atoms with Crippen molar-refractivity contribution in [3.8, 4) is 11.3 Å². The number of benzene rings is 1. The van der Waals surface area contributed by atoms with Crippen molar-refractivity contribution in [1.82, 2.24) is 34.8 Å². The van der Waals surface area contributed by atoms with E-state index in [1.54, 1.807) is 27.7 Å². The fourth-order valence-electron chi connectivity index (χ4n) is 4.03. The molecule has 0 aliphatic carbocycles. The SMILES string of the molecule is Cn1nnc2cc(CC(=O)NC3CCCn4c3nc(-c3ccncc3)cc4=O)ccc21. The minimum Gasteiger partial charge on any atom is -0.346 e. The number of nitrogens with zero attached hydrogens (tertiary/aromatic N) is 6. The maximum absolute atomic E-state index is 12.8. The number of hydrogen-bond donors (Lipinski definition) is 1. The lowest BCUT2D eigenvalue weighted by molar-refractivity contribution is -0.121. The molecule has 4 aromatic rings. The Bertz CT molecular complexity index is 1330. The Hall–Kier alpha value is -3.88. The van der Waals surface area contributed by atoms with Gasteiger partial charge in [0, 0.05) is 37.6 Å². The lowest BCUT2D eigenvalue weighted by Crippen LogP contribution is -2.38. The number of aryl methyl sites for hydroxylation is 1. The third-order valence-corrected chi connectivity index (χ3v) is 5.58. The van der Waals surface area contributed by atoms with Gasteiger partial charge in [0.2, 0.25) is 5.91 Å². The van der Waals surface area contributed by atoms with E-state index in [4.69, 9.17) is 4.98 Å². The zero-order valence-corrected chi connectivity index (χ0v) is 17.0. The van der Waals surface area contributed by atoms with Crippen LogP contribution in [0.5, 0.6) is 0 Å². The summed E-state index contributed by atoms with van der Waals surface area (Å²) >= 11 is 0. The molecule has 3 aromatic heterocycles. The topological polar surface area (TPSA) is 108 Å². The van der Waals surface area contributed by atoms with Gasteiger partial charge in [0.05, 0.1) is 23.7 Å². The van der Waals surface area contributed by atoms with E-state index in [1.165, 1.54) is 0 Å². The van der Waals surface area contributed by atoms with Crippen molar-refractivity contribution >= 4 is 16.9 Å². The number of hydrogen-bond acceptors (Lipinski definition) is 6. The number of nitrogens with one attached hydrogen (secondary N) is 1. The van der Waals surface area contributed by atoms with Crippen LogP contribution in [-0.4, -0.2) is 35.4 Å². The quantitative estimate of drug-likeness (QED) is 0.544. The van der Waals surface area contributed by atoms with E-state index < -0.39 is 0 Å². The Labute approximate surface area is 177 Å². The van der Waals surface area contributed by atoms with E-state index >= 15 is 0 Å². The molecule has 9 nitrogen and oxygen atoms in total. The molecule has 0 spiro atoms. The van der Waals surface area contributed by atoms with E-state index in [9.17, 15) is 9.59 Å². The summed E-state index contributed by atoms with van der Waals surface area (Å²) in [4.78, 5) is 34.2. The molecule has 1 atom stereocenters. The first-order valence-electron chi connectivity index (χ1n) is 10.2. The van der Waals surface area contributed by atoms with Crippen molar-refractivity contribution in [3.63, 3.8) is 0 Å². The summed E-state index contributed by atoms with van der Waals surface area (Å²) in [6, 6.07) is 10.6. The zero-order valence-electron chi connectivity index (χ0n) is 17.0. The minimum atomic E-state index is -0.309. The standard InChI is InChI=1S/C22H21N7O2/c1-28-19-5-4-14(11-18(19)26-27-28)12-20(30)24-16-3-2-10-29-21(31)13-17(25-22(16)29)15-6-8-23-9-7-15/h4-9,11,13,16H,2-3,10,12H2,1H3,(H,24,30). The molecule has 0 saturated heterocycles. The van der Waals surface area contributed by atoms with Crippen LogP contribution in [0.25, 0.3) is 22.3 Å². The van der Waals surface area contributed by atoms with Crippen LogP contribution in [0.15, 0.2) is 53.6 Å². The Morgan fingerprint density at radius 2 is 2.03 bits per heavy atom. The van der Waals surface area contributed by atoms with Gasteiger partial charge in [-0.05, 0) is 42.7 Å². The van der Waals surface area contributed by atoms with Gasteiger partial charge in [-0.15, -0.1) is 5.10 Å². The second-order valence-corrected chi connectivity index (χ2v) is 7.70. The van der Waals surface area contributed by atoms with Gasteiger partial charge in [-0.2, -0.15) is 0 Å². The average molecular weight is 415 g/mol. The Balaban J connectivity index is 1.39. The van der Waals surface area contributed by atoms with Gasteiger partial charge < -0.3 is 5.32 Å². The molecule has 9 heteroatoms. The summed E-state index contributed by atoms with van der Waals surface area (Å²) < 4.78 is 3.35.